The van der Waals surface area contributed by atoms with Gasteiger partial charge in [-0.15, -0.1) is 0 Å². The number of Topliss-reactive ketones (excluding diaryl/α,β-unsaturated/α-hetero) is 1. The van der Waals surface area contributed by atoms with E-state index in [1.54, 1.807) is 11.8 Å². The third-order valence-electron chi connectivity index (χ3n) is 4.10. The minimum Gasteiger partial charge on any atom is -0.450 e. The van der Waals surface area contributed by atoms with Gasteiger partial charge in [-0.2, -0.15) is 0 Å². The Balaban J connectivity index is 1.66. The smallest absolute Gasteiger partial charge is 0.410 e. The molecule has 1 fully saturated rings. The zero-order valence-electron chi connectivity index (χ0n) is 13.5. The SMILES string of the molecule is CCOC(=O)N1CC[NH+](CCCC(=O)c2ccc(F)cc2)CC1. The molecule has 0 bridgehead atoms. The Morgan fingerprint density at radius 1 is 1.22 bits per heavy atom. The number of nitrogens with zero attached hydrogens (tertiary/aromatic N) is 1. The van der Waals surface area contributed by atoms with Gasteiger partial charge in [-0.25, -0.2) is 9.18 Å². The Labute approximate surface area is 136 Å². The summed E-state index contributed by atoms with van der Waals surface area (Å²) in [6.07, 6.45) is 1.03. The van der Waals surface area contributed by atoms with Gasteiger partial charge in [-0.05, 0) is 31.2 Å². The van der Waals surface area contributed by atoms with Crippen molar-refractivity contribution in [2.75, 3.05) is 39.3 Å². The number of benzene rings is 1. The molecule has 0 unspecified atom stereocenters. The Bertz CT molecular complexity index is 525. The number of halogens is 1. The van der Waals surface area contributed by atoms with Crippen molar-refractivity contribution in [1.82, 2.24) is 4.90 Å². The molecule has 0 aromatic heterocycles. The van der Waals surface area contributed by atoms with Crippen LogP contribution < -0.4 is 4.90 Å². The molecule has 1 heterocycles. The normalized spacial score (nSPS) is 15.5. The third-order valence-corrected chi connectivity index (χ3v) is 4.10. The van der Waals surface area contributed by atoms with Crippen molar-refractivity contribution < 1.29 is 23.6 Å². The average molecular weight is 323 g/mol. The summed E-state index contributed by atoms with van der Waals surface area (Å²) < 4.78 is 17.8. The highest BCUT2D eigenvalue weighted by Gasteiger charge is 2.24. The number of hydrogen-bond donors (Lipinski definition) is 1. The second-order valence-electron chi connectivity index (χ2n) is 5.72. The maximum atomic E-state index is 12.8. The molecule has 0 spiro atoms. The molecule has 2 rings (SSSR count). The monoisotopic (exact) mass is 323 g/mol. The fourth-order valence-electron chi connectivity index (χ4n) is 2.75. The van der Waals surface area contributed by atoms with Crippen LogP contribution in [0.25, 0.3) is 0 Å². The lowest BCUT2D eigenvalue weighted by molar-refractivity contribution is -0.904. The summed E-state index contributed by atoms with van der Waals surface area (Å²) in [5.41, 5.74) is 0.563. The molecular weight excluding hydrogens is 299 g/mol. The first-order valence-corrected chi connectivity index (χ1v) is 8.14. The van der Waals surface area contributed by atoms with E-state index in [0.29, 0.717) is 31.7 Å². The van der Waals surface area contributed by atoms with Crippen molar-refractivity contribution >= 4 is 11.9 Å². The summed E-state index contributed by atoms with van der Waals surface area (Å²) in [4.78, 5) is 26.8. The predicted molar refractivity (Wildman–Crippen MR) is 84.1 cm³/mol. The van der Waals surface area contributed by atoms with Crippen LogP contribution in [0.1, 0.15) is 30.1 Å². The number of piperazine rings is 1. The summed E-state index contributed by atoms with van der Waals surface area (Å²) >= 11 is 0. The molecule has 0 radical (unpaired) electrons. The molecular formula is C17H24FN2O3+. The van der Waals surface area contributed by atoms with Gasteiger partial charge in [-0.1, -0.05) is 0 Å². The van der Waals surface area contributed by atoms with Crippen molar-refractivity contribution in [3.63, 3.8) is 0 Å². The Kier molecular flexibility index (Phi) is 6.52. The summed E-state index contributed by atoms with van der Waals surface area (Å²) in [6.45, 7) is 6.26. The lowest BCUT2D eigenvalue weighted by Crippen LogP contribution is -3.14. The molecule has 0 aliphatic carbocycles. The number of rotatable bonds is 6. The van der Waals surface area contributed by atoms with Crippen LogP contribution in [0.2, 0.25) is 0 Å². The van der Waals surface area contributed by atoms with E-state index in [1.807, 2.05) is 0 Å². The molecule has 5 nitrogen and oxygen atoms in total. The topological polar surface area (TPSA) is 51.0 Å². The number of nitrogens with one attached hydrogen (secondary N) is 1. The molecule has 1 aromatic rings. The second kappa shape index (κ2) is 8.62. The van der Waals surface area contributed by atoms with Crippen molar-refractivity contribution in [3.8, 4) is 0 Å². The number of ketones is 1. The van der Waals surface area contributed by atoms with E-state index >= 15 is 0 Å². The molecule has 0 atom stereocenters. The van der Waals surface area contributed by atoms with Gasteiger partial charge >= 0.3 is 6.09 Å². The van der Waals surface area contributed by atoms with Crippen LogP contribution in [-0.2, 0) is 4.74 Å². The highest BCUT2D eigenvalue weighted by Crippen LogP contribution is 2.06. The molecule has 1 amide bonds. The maximum Gasteiger partial charge on any atom is 0.410 e. The predicted octanol–water partition coefficient (Wildman–Crippen LogP) is 1.15. The molecule has 126 valence electrons. The first-order valence-electron chi connectivity index (χ1n) is 8.14. The average Bonchev–Trinajstić information content (AvgIpc) is 2.56. The van der Waals surface area contributed by atoms with Crippen LogP contribution in [0.15, 0.2) is 24.3 Å². The highest BCUT2D eigenvalue weighted by atomic mass is 19.1. The van der Waals surface area contributed by atoms with Crippen LogP contribution in [-0.4, -0.2) is 56.1 Å². The summed E-state index contributed by atoms with van der Waals surface area (Å²) in [5.74, 6) is -0.278. The highest BCUT2D eigenvalue weighted by molar-refractivity contribution is 5.95. The van der Waals surface area contributed by atoms with Crippen molar-refractivity contribution in [2.45, 2.75) is 19.8 Å². The quantitative estimate of drug-likeness (QED) is 0.799. The van der Waals surface area contributed by atoms with Gasteiger partial charge in [-0.3, -0.25) is 9.69 Å². The van der Waals surface area contributed by atoms with Crippen LogP contribution in [0.5, 0.6) is 0 Å². The zero-order chi connectivity index (χ0) is 16.7. The van der Waals surface area contributed by atoms with E-state index in [9.17, 15) is 14.0 Å². The number of ether oxygens (including phenoxy) is 1. The molecule has 1 saturated heterocycles. The zero-order valence-corrected chi connectivity index (χ0v) is 13.5. The molecule has 0 saturated carbocycles. The Morgan fingerprint density at radius 2 is 1.87 bits per heavy atom. The summed E-state index contributed by atoms with van der Waals surface area (Å²) in [7, 11) is 0. The number of hydrogen-bond acceptors (Lipinski definition) is 3. The summed E-state index contributed by atoms with van der Waals surface area (Å²) in [5, 5.41) is 0. The fourth-order valence-corrected chi connectivity index (χ4v) is 2.75. The first kappa shape index (κ1) is 17.4. The van der Waals surface area contributed by atoms with E-state index in [0.717, 1.165) is 26.1 Å². The maximum absolute atomic E-state index is 12.8. The third kappa shape index (κ3) is 5.32. The standard InChI is InChI=1S/C17H23FN2O3/c1-2-23-17(22)20-12-10-19(11-13-20)9-3-4-16(21)14-5-7-15(18)8-6-14/h5-8H,2-4,9-13H2,1H3/p+1. The largest absolute Gasteiger partial charge is 0.450 e. The fraction of sp³-hybridized carbons (Fsp3) is 0.529. The van der Waals surface area contributed by atoms with Crippen LogP contribution >= 0.6 is 0 Å². The van der Waals surface area contributed by atoms with Crippen molar-refractivity contribution in [2.24, 2.45) is 0 Å². The van der Waals surface area contributed by atoms with Crippen LogP contribution in [0.3, 0.4) is 0 Å². The van der Waals surface area contributed by atoms with E-state index in [-0.39, 0.29) is 17.7 Å². The van der Waals surface area contributed by atoms with E-state index in [2.05, 4.69) is 0 Å². The van der Waals surface area contributed by atoms with Gasteiger partial charge in [0, 0.05) is 18.4 Å². The Hall–Kier alpha value is -1.95. The molecule has 1 aromatic carbocycles. The van der Waals surface area contributed by atoms with Crippen molar-refractivity contribution in [1.29, 1.82) is 0 Å². The van der Waals surface area contributed by atoms with Crippen molar-refractivity contribution in [3.05, 3.63) is 35.6 Å². The molecule has 1 aliphatic heterocycles. The second-order valence-corrected chi connectivity index (χ2v) is 5.72. The molecule has 1 aliphatic rings. The Morgan fingerprint density at radius 3 is 2.48 bits per heavy atom. The molecule has 23 heavy (non-hydrogen) atoms. The van der Waals surface area contributed by atoms with Gasteiger partial charge < -0.3 is 9.64 Å². The first-order chi connectivity index (χ1) is 11.1. The minimum atomic E-state index is -0.328. The minimum absolute atomic E-state index is 0.0505. The number of carbonyl (C=O) groups excluding carboxylic acids is 2. The summed E-state index contributed by atoms with van der Waals surface area (Å²) in [6, 6.07) is 5.69. The number of carbonyl (C=O) groups is 2. The molecule has 6 heteroatoms. The molecule has 1 N–H and O–H groups in total. The van der Waals surface area contributed by atoms with E-state index in [1.165, 1.54) is 29.2 Å². The van der Waals surface area contributed by atoms with Crippen LogP contribution in [0, 0.1) is 5.82 Å². The lowest BCUT2D eigenvalue weighted by Gasteiger charge is -2.31. The van der Waals surface area contributed by atoms with Gasteiger partial charge in [0.25, 0.3) is 0 Å². The van der Waals surface area contributed by atoms with E-state index < -0.39 is 0 Å². The van der Waals surface area contributed by atoms with E-state index in [4.69, 9.17) is 4.74 Å². The number of quaternary nitrogens is 1. The van der Waals surface area contributed by atoms with Gasteiger partial charge in [0.05, 0.1) is 39.3 Å². The lowest BCUT2D eigenvalue weighted by atomic mass is 10.1. The van der Waals surface area contributed by atoms with Gasteiger partial charge in [0.2, 0.25) is 0 Å². The van der Waals surface area contributed by atoms with Gasteiger partial charge in [0.15, 0.2) is 5.78 Å². The van der Waals surface area contributed by atoms with Gasteiger partial charge in [0.1, 0.15) is 5.82 Å². The van der Waals surface area contributed by atoms with Crippen LogP contribution in [0.4, 0.5) is 9.18 Å². The number of amides is 1.